The Kier molecular flexibility index (Phi) is 6.82. The lowest BCUT2D eigenvalue weighted by Crippen LogP contribution is -2.44. The number of halogens is 1. The number of aliphatic imine (C=N–C) groups is 1. The Morgan fingerprint density at radius 2 is 1.78 bits per heavy atom. The van der Waals surface area contributed by atoms with Crippen LogP contribution in [0.2, 0.25) is 5.02 Å². The van der Waals surface area contributed by atoms with Gasteiger partial charge in [0.25, 0.3) is 5.91 Å². The van der Waals surface area contributed by atoms with E-state index in [1.165, 1.54) is 19.3 Å². The summed E-state index contributed by atoms with van der Waals surface area (Å²) < 4.78 is 0. The molecule has 188 valence electrons. The molecule has 2 aliphatic rings. The zero-order chi connectivity index (χ0) is 25.9. The third kappa shape index (κ3) is 5.59. The Morgan fingerprint density at radius 1 is 1.05 bits per heavy atom. The van der Waals surface area contributed by atoms with E-state index in [4.69, 9.17) is 11.6 Å². The summed E-state index contributed by atoms with van der Waals surface area (Å²) >= 11 is 6.35. The Bertz CT molecular complexity index is 1400. The topological polar surface area (TPSA) is 129 Å². The highest BCUT2D eigenvalue weighted by atomic mass is 35.5. The summed E-state index contributed by atoms with van der Waals surface area (Å²) in [4.78, 5) is 50.1. The van der Waals surface area contributed by atoms with Gasteiger partial charge in [0.1, 0.15) is 5.02 Å². The standard InChI is InChI=1S/C26H24ClN7O3/c1-15(35)16-2-4-18(5-3-16)32-26(37)34-10-8-19(9-11-34)30-23-22(27)14-29-25(33-23)31-20-6-7-21-17(12-20)13-28-24(21)36/h2-7,12-14,19H,8-11H2,1H3,(H,32,37)(H2,29,30,31,33). The van der Waals surface area contributed by atoms with E-state index in [9.17, 15) is 14.4 Å². The number of urea groups is 1. The minimum absolute atomic E-state index is 0.0185. The third-order valence-electron chi connectivity index (χ3n) is 6.27. The first-order valence-electron chi connectivity index (χ1n) is 11.8. The molecule has 0 radical (unpaired) electrons. The third-order valence-corrected chi connectivity index (χ3v) is 6.55. The van der Waals surface area contributed by atoms with Crippen molar-refractivity contribution in [2.75, 3.05) is 29.0 Å². The Morgan fingerprint density at radius 3 is 2.51 bits per heavy atom. The molecule has 10 nitrogen and oxygen atoms in total. The molecule has 2 aliphatic heterocycles. The van der Waals surface area contributed by atoms with Gasteiger partial charge in [0, 0.05) is 47.8 Å². The summed E-state index contributed by atoms with van der Waals surface area (Å²) in [6.07, 6.45) is 4.50. The predicted octanol–water partition coefficient (Wildman–Crippen LogP) is 4.76. The highest BCUT2D eigenvalue weighted by molar-refractivity contribution is 6.32. The second kappa shape index (κ2) is 10.4. The lowest BCUT2D eigenvalue weighted by atomic mass is 10.1. The van der Waals surface area contributed by atoms with Gasteiger partial charge in [-0.05, 0) is 62.2 Å². The summed E-state index contributed by atoms with van der Waals surface area (Å²) in [5.41, 5.74) is 3.28. The number of hydrogen-bond acceptors (Lipinski definition) is 7. The lowest BCUT2D eigenvalue weighted by molar-refractivity contribution is 0.100. The quantitative estimate of drug-likeness (QED) is 0.402. The van der Waals surface area contributed by atoms with E-state index >= 15 is 0 Å². The van der Waals surface area contributed by atoms with Crippen molar-refractivity contribution in [2.45, 2.75) is 25.8 Å². The van der Waals surface area contributed by atoms with Gasteiger partial charge in [-0.2, -0.15) is 4.98 Å². The number of nitrogens with zero attached hydrogens (tertiary/aromatic N) is 4. The van der Waals surface area contributed by atoms with Gasteiger partial charge >= 0.3 is 6.03 Å². The van der Waals surface area contributed by atoms with Gasteiger partial charge in [-0.1, -0.05) is 11.6 Å². The van der Waals surface area contributed by atoms with E-state index in [1.807, 2.05) is 6.07 Å². The molecule has 2 aromatic carbocycles. The number of likely N-dealkylation sites (tertiary alicyclic amines) is 1. The van der Waals surface area contributed by atoms with Crippen molar-refractivity contribution in [3.8, 4) is 0 Å². The first kappa shape index (κ1) is 24.4. The van der Waals surface area contributed by atoms with Crippen LogP contribution < -0.4 is 16.0 Å². The van der Waals surface area contributed by atoms with Crippen LogP contribution in [-0.4, -0.2) is 57.9 Å². The number of carbonyl (C=O) groups excluding carboxylic acids is 3. The molecule has 3 heterocycles. The first-order chi connectivity index (χ1) is 17.9. The van der Waals surface area contributed by atoms with E-state index in [0.29, 0.717) is 46.7 Å². The minimum Gasteiger partial charge on any atom is -0.366 e. The molecule has 3 N–H and O–H groups in total. The Balaban J connectivity index is 1.16. The number of rotatable bonds is 6. The average Bonchev–Trinajstić information content (AvgIpc) is 3.26. The summed E-state index contributed by atoms with van der Waals surface area (Å²) in [7, 11) is 0. The molecule has 1 aromatic heterocycles. The van der Waals surface area contributed by atoms with Gasteiger partial charge in [-0.3, -0.25) is 9.59 Å². The summed E-state index contributed by atoms with van der Waals surface area (Å²) in [6, 6.07) is 12.0. The fourth-order valence-electron chi connectivity index (χ4n) is 4.21. The highest BCUT2D eigenvalue weighted by Gasteiger charge is 2.24. The SMILES string of the molecule is CC(=O)c1ccc(NC(=O)N2CCC(Nc3nc(Nc4ccc5c(c4)C=NC5=O)ncc3Cl)CC2)cc1. The molecular formula is C26H24ClN7O3. The number of piperidine rings is 1. The fraction of sp³-hybridized carbons (Fsp3) is 0.231. The number of amides is 3. The number of Topliss-reactive ketones (excluding diaryl/α,β-unsaturated/α-hetero) is 1. The maximum Gasteiger partial charge on any atom is 0.321 e. The molecule has 37 heavy (non-hydrogen) atoms. The number of ketones is 1. The summed E-state index contributed by atoms with van der Waals surface area (Å²) in [6.45, 7) is 2.64. The zero-order valence-electron chi connectivity index (χ0n) is 20.0. The number of anilines is 4. The van der Waals surface area contributed by atoms with Crippen LogP contribution >= 0.6 is 11.6 Å². The minimum atomic E-state index is -0.248. The van der Waals surface area contributed by atoms with Crippen molar-refractivity contribution >= 4 is 58.7 Å². The van der Waals surface area contributed by atoms with Gasteiger partial charge in [-0.15, -0.1) is 0 Å². The van der Waals surface area contributed by atoms with Crippen LogP contribution in [0, 0.1) is 0 Å². The summed E-state index contributed by atoms with van der Waals surface area (Å²) in [5.74, 6) is 0.601. The molecule has 5 rings (SSSR count). The van der Waals surface area contributed by atoms with Crippen LogP contribution in [0.25, 0.3) is 0 Å². The molecule has 0 saturated carbocycles. The molecule has 0 atom stereocenters. The van der Waals surface area contributed by atoms with Gasteiger partial charge < -0.3 is 20.9 Å². The van der Waals surface area contributed by atoms with Crippen molar-refractivity contribution in [1.82, 2.24) is 14.9 Å². The molecule has 1 saturated heterocycles. The number of aromatic nitrogens is 2. The van der Waals surface area contributed by atoms with E-state index in [0.717, 1.165) is 24.1 Å². The van der Waals surface area contributed by atoms with Crippen LogP contribution in [0.3, 0.4) is 0 Å². The predicted molar refractivity (Wildman–Crippen MR) is 142 cm³/mol. The number of fused-ring (bicyclic) bond motifs is 1. The van der Waals surface area contributed by atoms with E-state index in [2.05, 4.69) is 30.9 Å². The molecular weight excluding hydrogens is 494 g/mol. The normalized spacial score (nSPS) is 14.9. The molecule has 3 amide bonds. The zero-order valence-corrected chi connectivity index (χ0v) is 20.7. The van der Waals surface area contributed by atoms with Gasteiger partial charge in [0.05, 0.1) is 11.8 Å². The van der Waals surface area contributed by atoms with Gasteiger partial charge in [0.2, 0.25) is 5.95 Å². The van der Waals surface area contributed by atoms with Crippen molar-refractivity contribution in [2.24, 2.45) is 4.99 Å². The Labute approximate surface area is 218 Å². The van der Waals surface area contributed by atoms with Crippen molar-refractivity contribution in [1.29, 1.82) is 0 Å². The fourth-order valence-corrected chi connectivity index (χ4v) is 4.35. The molecule has 1 fully saturated rings. The van der Waals surface area contributed by atoms with Crippen LogP contribution in [0.4, 0.5) is 27.9 Å². The maximum atomic E-state index is 12.7. The monoisotopic (exact) mass is 517 g/mol. The second-order valence-corrected chi connectivity index (χ2v) is 9.26. The van der Waals surface area contributed by atoms with Crippen LogP contribution in [0.15, 0.2) is 53.7 Å². The molecule has 0 spiro atoms. The van der Waals surface area contributed by atoms with Crippen molar-refractivity contribution < 1.29 is 14.4 Å². The number of hydrogen-bond donors (Lipinski definition) is 3. The molecule has 0 unspecified atom stereocenters. The van der Waals surface area contributed by atoms with Crippen LogP contribution in [0.5, 0.6) is 0 Å². The Hall–Kier alpha value is -4.31. The molecule has 11 heteroatoms. The number of nitrogens with one attached hydrogen (secondary N) is 3. The number of carbonyl (C=O) groups is 3. The van der Waals surface area contributed by atoms with Crippen LogP contribution in [-0.2, 0) is 0 Å². The summed E-state index contributed by atoms with van der Waals surface area (Å²) in [5, 5.41) is 9.78. The van der Waals surface area contributed by atoms with Crippen LogP contribution in [0.1, 0.15) is 46.0 Å². The van der Waals surface area contributed by atoms with Gasteiger partial charge in [0.15, 0.2) is 11.6 Å². The molecule has 3 aromatic rings. The van der Waals surface area contributed by atoms with Crippen molar-refractivity contribution in [3.05, 3.63) is 70.4 Å². The first-order valence-corrected chi connectivity index (χ1v) is 12.2. The average molecular weight is 518 g/mol. The lowest BCUT2D eigenvalue weighted by Gasteiger charge is -2.32. The largest absolute Gasteiger partial charge is 0.366 e. The maximum absolute atomic E-state index is 12.7. The van der Waals surface area contributed by atoms with Crippen molar-refractivity contribution in [3.63, 3.8) is 0 Å². The highest BCUT2D eigenvalue weighted by Crippen LogP contribution is 2.26. The van der Waals surface area contributed by atoms with E-state index < -0.39 is 0 Å². The smallest absolute Gasteiger partial charge is 0.321 e. The molecule has 0 bridgehead atoms. The molecule has 0 aliphatic carbocycles. The van der Waals surface area contributed by atoms with E-state index in [1.54, 1.807) is 41.3 Å². The number of benzene rings is 2. The van der Waals surface area contributed by atoms with E-state index in [-0.39, 0.29) is 23.8 Å². The second-order valence-electron chi connectivity index (χ2n) is 8.85. The van der Waals surface area contributed by atoms with Gasteiger partial charge in [-0.25, -0.2) is 14.8 Å².